The maximum absolute atomic E-state index is 11.3. The van der Waals surface area contributed by atoms with Crippen LogP contribution < -0.4 is 5.32 Å². The number of ether oxygens (including phenoxy) is 1. The number of carbonyl (C=O) groups is 1. The van der Waals surface area contributed by atoms with Crippen molar-refractivity contribution in [3.05, 3.63) is 47.0 Å². The second-order valence-corrected chi connectivity index (χ2v) is 8.87. The Morgan fingerprint density at radius 3 is 2.00 bits per heavy atom. The van der Waals surface area contributed by atoms with Crippen molar-refractivity contribution in [1.82, 2.24) is 5.32 Å². The minimum atomic E-state index is -0.312. The minimum absolute atomic E-state index is 0.132. The first-order valence-electron chi connectivity index (χ1n) is 9.09. The molecule has 0 heterocycles. The monoisotopic (exact) mass is 345 g/mol. The van der Waals surface area contributed by atoms with Gasteiger partial charge in [-0.05, 0) is 47.4 Å². The minimum Gasteiger partial charge on any atom is -0.462 e. The van der Waals surface area contributed by atoms with Crippen molar-refractivity contribution >= 4 is 5.97 Å². The van der Waals surface area contributed by atoms with Crippen LogP contribution in [0.25, 0.3) is 0 Å². The number of benzene rings is 1. The average Bonchev–Trinajstić information content (AvgIpc) is 2.48. The van der Waals surface area contributed by atoms with Crippen LogP contribution in [0.15, 0.2) is 30.4 Å². The summed E-state index contributed by atoms with van der Waals surface area (Å²) in [5, 5.41) is 3.45. The molecule has 0 radical (unpaired) electrons. The van der Waals surface area contributed by atoms with E-state index in [1.807, 2.05) is 0 Å². The van der Waals surface area contributed by atoms with Crippen molar-refractivity contribution in [2.45, 2.75) is 72.3 Å². The van der Waals surface area contributed by atoms with E-state index >= 15 is 0 Å². The van der Waals surface area contributed by atoms with Gasteiger partial charge >= 0.3 is 5.97 Å². The lowest BCUT2D eigenvalue weighted by atomic mass is 9.79. The van der Waals surface area contributed by atoms with E-state index in [4.69, 9.17) is 4.74 Å². The van der Waals surface area contributed by atoms with Crippen molar-refractivity contribution in [1.29, 1.82) is 0 Å². The van der Waals surface area contributed by atoms with Crippen LogP contribution in [0.2, 0.25) is 0 Å². The van der Waals surface area contributed by atoms with Gasteiger partial charge in [0.1, 0.15) is 0 Å². The SMILES string of the molecule is C=C(C)C(=O)OCCCNCc1cc(C(C)(C)C)cc(C(C)(C)C)c1. The van der Waals surface area contributed by atoms with Gasteiger partial charge in [-0.25, -0.2) is 4.79 Å². The Bertz CT molecular complexity index is 571. The Morgan fingerprint density at radius 2 is 1.56 bits per heavy atom. The highest BCUT2D eigenvalue weighted by Crippen LogP contribution is 2.30. The van der Waals surface area contributed by atoms with Gasteiger partial charge in [-0.2, -0.15) is 0 Å². The van der Waals surface area contributed by atoms with E-state index in [1.54, 1.807) is 6.92 Å². The van der Waals surface area contributed by atoms with E-state index in [-0.39, 0.29) is 16.8 Å². The Labute approximate surface area is 153 Å². The zero-order valence-electron chi connectivity index (χ0n) is 17.1. The smallest absolute Gasteiger partial charge is 0.333 e. The topological polar surface area (TPSA) is 38.3 Å². The van der Waals surface area contributed by atoms with Crippen molar-refractivity contribution in [2.24, 2.45) is 0 Å². The third-order valence-corrected chi connectivity index (χ3v) is 4.13. The fourth-order valence-electron chi connectivity index (χ4n) is 2.38. The highest BCUT2D eigenvalue weighted by Gasteiger charge is 2.20. The molecule has 1 N–H and O–H groups in total. The van der Waals surface area contributed by atoms with Crippen molar-refractivity contribution < 1.29 is 9.53 Å². The van der Waals surface area contributed by atoms with Crippen LogP contribution in [0.3, 0.4) is 0 Å². The van der Waals surface area contributed by atoms with Gasteiger partial charge in [0.05, 0.1) is 6.61 Å². The maximum atomic E-state index is 11.3. The Kier molecular flexibility index (Phi) is 7.43. The van der Waals surface area contributed by atoms with Gasteiger partial charge in [-0.15, -0.1) is 0 Å². The van der Waals surface area contributed by atoms with Crippen molar-refractivity contribution in [2.75, 3.05) is 13.2 Å². The van der Waals surface area contributed by atoms with Crippen LogP contribution in [-0.2, 0) is 26.9 Å². The summed E-state index contributed by atoms with van der Waals surface area (Å²) in [6, 6.07) is 6.92. The number of hydrogen-bond donors (Lipinski definition) is 1. The first-order chi connectivity index (χ1) is 11.4. The fraction of sp³-hybridized carbons (Fsp3) is 0.591. The van der Waals surface area contributed by atoms with Gasteiger partial charge < -0.3 is 10.1 Å². The van der Waals surface area contributed by atoms with E-state index in [9.17, 15) is 4.79 Å². The second kappa shape index (κ2) is 8.66. The molecule has 1 aromatic rings. The molecule has 0 aromatic heterocycles. The molecule has 0 fully saturated rings. The predicted octanol–water partition coefficient (Wildman–Crippen LogP) is 4.88. The maximum Gasteiger partial charge on any atom is 0.333 e. The quantitative estimate of drug-likeness (QED) is 0.435. The number of rotatable bonds is 7. The lowest BCUT2D eigenvalue weighted by Gasteiger charge is -2.26. The molecular weight excluding hydrogens is 310 g/mol. The summed E-state index contributed by atoms with van der Waals surface area (Å²) >= 11 is 0. The van der Waals surface area contributed by atoms with E-state index in [0.29, 0.717) is 12.2 Å². The van der Waals surface area contributed by atoms with Gasteiger partial charge in [-0.3, -0.25) is 0 Å². The largest absolute Gasteiger partial charge is 0.462 e. The first-order valence-corrected chi connectivity index (χ1v) is 9.09. The Balaban J connectivity index is 2.63. The molecule has 140 valence electrons. The van der Waals surface area contributed by atoms with Gasteiger partial charge in [0, 0.05) is 12.1 Å². The van der Waals surface area contributed by atoms with E-state index in [1.165, 1.54) is 16.7 Å². The summed E-state index contributed by atoms with van der Waals surface area (Å²) in [5.41, 5.74) is 4.75. The van der Waals surface area contributed by atoms with Crippen molar-refractivity contribution in [3.8, 4) is 0 Å². The number of nitrogens with one attached hydrogen (secondary N) is 1. The molecule has 3 heteroatoms. The standard InChI is InChI=1S/C22H35NO2/c1-16(2)20(24)25-11-9-10-23-15-17-12-18(21(3,4)5)14-19(13-17)22(6,7)8/h12-14,23H,1,9-11,15H2,2-8H3. The molecule has 3 nitrogen and oxygen atoms in total. The first kappa shape index (κ1) is 21.4. The third kappa shape index (κ3) is 7.43. The summed E-state index contributed by atoms with van der Waals surface area (Å²) in [6.07, 6.45) is 0.796. The van der Waals surface area contributed by atoms with Gasteiger partial charge in [0.2, 0.25) is 0 Å². The summed E-state index contributed by atoms with van der Waals surface area (Å²) in [5.74, 6) is -0.312. The zero-order chi connectivity index (χ0) is 19.3. The molecule has 25 heavy (non-hydrogen) atoms. The fourth-order valence-corrected chi connectivity index (χ4v) is 2.38. The van der Waals surface area contributed by atoms with Gasteiger partial charge in [-0.1, -0.05) is 66.3 Å². The molecule has 1 rings (SSSR count). The number of esters is 1. The van der Waals surface area contributed by atoms with Gasteiger partial charge in [0.25, 0.3) is 0 Å². The highest BCUT2D eigenvalue weighted by molar-refractivity contribution is 5.86. The Hall–Kier alpha value is -1.61. The average molecular weight is 346 g/mol. The predicted molar refractivity (Wildman–Crippen MR) is 106 cm³/mol. The summed E-state index contributed by atoms with van der Waals surface area (Å²) in [7, 11) is 0. The summed E-state index contributed by atoms with van der Waals surface area (Å²) in [4.78, 5) is 11.3. The van der Waals surface area contributed by atoms with E-state index in [0.717, 1.165) is 19.5 Å². The van der Waals surface area contributed by atoms with Crippen LogP contribution >= 0.6 is 0 Å². The summed E-state index contributed by atoms with van der Waals surface area (Å²) < 4.78 is 5.10. The molecule has 0 aliphatic carbocycles. The number of carbonyl (C=O) groups excluding carboxylic acids is 1. The molecule has 1 aromatic carbocycles. The molecular formula is C22H35NO2. The third-order valence-electron chi connectivity index (χ3n) is 4.13. The molecule has 0 spiro atoms. The molecule has 0 unspecified atom stereocenters. The molecule has 0 saturated heterocycles. The molecule has 0 aliphatic rings. The highest BCUT2D eigenvalue weighted by atomic mass is 16.5. The molecule has 0 aliphatic heterocycles. The van der Waals surface area contributed by atoms with E-state index < -0.39 is 0 Å². The molecule has 0 atom stereocenters. The molecule has 0 amide bonds. The summed E-state index contributed by atoms with van der Waals surface area (Å²) in [6.45, 7) is 20.8. The molecule has 0 bridgehead atoms. The lowest BCUT2D eigenvalue weighted by molar-refractivity contribution is -0.139. The van der Waals surface area contributed by atoms with Gasteiger partial charge in [0.15, 0.2) is 0 Å². The number of hydrogen-bond acceptors (Lipinski definition) is 3. The van der Waals surface area contributed by atoms with Crippen LogP contribution in [0.1, 0.15) is 71.6 Å². The van der Waals surface area contributed by atoms with Crippen LogP contribution in [0.4, 0.5) is 0 Å². The second-order valence-electron chi connectivity index (χ2n) is 8.87. The van der Waals surface area contributed by atoms with Crippen LogP contribution in [0, 0.1) is 0 Å². The van der Waals surface area contributed by atoms with E-state index in [2.05, 4.69) is 71.6 Å². The molecule has 0 saturated carbocycles. The van der Waals surface area contributed by atoms with Crippen LogP contribution in [0.5, 0.6) is 0 Å². The zero-order valence-corrected chi connectivity index (χ0v) is 17.1. The van der Waals surface area contributed by atoms with Crippen LogP contribution in [-0.4, -0.2) is 19.1 Å². The van der Waals surface area contributed by atoms with Crippen molar-refractivity contribution in [3.63, 3.8) is 0 Å². The normalized spacial score (nSPS) is 12.1. The lowest BCUT2D eigenvalue weighted by Crippen LogP contribution is -2.20. The Morgan fingerprint density at radius 1 is 1.04 bits per heavy atom.